The number of anilines is 1. The Labute approximate surface area is 133 Å². The molecule has 120 valence electrons. The molecule has 0 spiro atoms. The van der Waals surface area contributed by atoms with Gasteiger partial charge < -0.3 is 15.2 Å². The number of aromatic hydroxyl groups is 1. The lowest BCUT2D eigenvalue weighted by Gasteiger charge is -2.22. The first-order chi connectivity index (χ1) is 11.0. The van der Waals surface area contributed by atoms with E-state index in [2.05, 4.69) is 15.3 Å². The number of phenolic OH excluding ortho intramolecular Hbond substituents is 1. The SMILES string of the molecule is COc1cc2ncnc(NC3=C(F)C(C)=CCC3C)c2cc1O. The van der Waals surface area contributed by atoms with Crippen LogP contribution in [0.4, 0.5) is 10.2 Å². The molecule has 23 heavy (non-hydrogen) atoms. The number of ether oxygens (including phenoxy) is 1. The van der Waals surface area contributed by atoms with Gasteiger partial charge in [-0.05, 0) is 25.0 Å². The second kappa shape index (κ2) is 5.87. The van der Waals surface area contributed by atoms with Gasteiger partial charge in [-0.2, -0.15) is 0 Å². The summed E-state index contributed by atoms with van der Waals surface area (Å²) < 4.78 is 19.5. The van der Waals surface area contributed by atoms with Gasteiger partial charge in [0.1, 0.15) is 18.0 Å². The van der Waals surface area contributed by atoms with E-state index in [0.29, 0.717) is 33.7 Å². The van der Waals surface area contributed by atoms with E-state index in [9.17, 15) is 9.50 Å². The first-order valence-corrected chi connectivity index (χ1v) is 7.36. The first kappa shape index (κ1) is 15.3. The summed E-state index contributed by atoms with van der Waals surface area (Å²) in [5.74, 6) is 0.542. The van der Waals surface area contributed by atoms with Crippen LogP contribution in [0.2, 0.25) is 0 Å². The minimum atomic E-state index is -0.256. The predicted octanol–water partition coefficient (Wildman–Crippen LogP) is 3.92. The normalized spacial score (nSPS) is 18.1. The molecule has 0 saturated carbocycles. The van der Waals surface area contributed by atoms with Crippen LogP contribution in [0.15, 0.2) is 41.6 Å². The Morgan fingerprint density at radius 2 is 2.13 bits per heavy atom. The predicted molar refractivity (Wildman–Crippen MR) is 87.0 cm³/mol. The number of benzene rings is 1. The van der Waals surface area contributed by atoms with Crippen LogP contribution in [-0.2, 0) is 0 Å². The average Bonchev–Trinajstić information content (AvgIpc) is 2.55. The maximum absolute atomic E-state index is 14.4. The number of nitrogens with one attached hydrogen (secondary N) is 1. The van der Waals surface area contributed by atoms with Gasteiger partial charge in [0.2, 0.25) is 0 Å². The molecule has 0 aliphatic heterocycles. The average molecular weight is 315 g/mol. The standard InChI is InChI=1S/C17H18FN3O2/c1-9-4-5-10(2)16(15(9)18)21-17-11-6-13(22)14(23-3)7-12(11)19-8-20-17/h4,6-8,10,22H,5H2,1-3H3,(H,19,20,21). The van der Waals surface area contributed by atoms with Crippen LogP contribution < -0.4 is 10.1 Å². The van der Waals surface area contributed by atoms with Gasteiger partial charge in [-0.1, -0.05) is 13.0 Å². The van der Waals surface area contributed by atoms with Crippen LogP contribution in [0, 0.1) is 5.92 Å². The number of hydrogen-bond donors (Lipinski definition) is 2. The monoisotopic (exact) mass is 315 g/mol. The van der Waals surface area contributed by atoms with Crippen molar-refractivity contribution in [2.75, 3.05) is 12.4 Å². The fourth-order valence-corrected chi connectivity index (χ4v) is 2.63. The topological polar surface area (TPSA) is 67.3 Å². The van der Waals surface area contributed by atoms with E-state index in [4.69, 9.17) is 4.74 Å². The van der Waals surface area contributed by atoms with Crippen LogP contribution in [0.25, 0.3) is 10.9 Å². The number of aromatic nitrogens is 2. The van der Waals surface area contributed by atoms with E-state index in [1.54, 1.807) is 13.0 Å². The highest BCUT2D eigenvalue weighted by Gasteiger charge is 2.21. The molecule has 5 nitrogen and oxygen atoms in total. The number of rotatable bonds is 3. The molecular weight excluding hydrogens is 297 g/mol. The van der Waals surface area contributed by atoms with Crippen LogP contribution >= 0.6 is 0 Å². The number of methoxy groups -OCH3 is 1. The Morgan fingerprint density at radius 1 is 1.35 bits per heavy atom. The van der Waals surface area contributed by atoms with Crippen LogP contribution in [0.1, 0.15) is 20.3 Å². The van der Waals surface area contributed by atoms with Crippen molar-refractivity contribution in [1.29, 1.82) is 0 Å². The van der Waals surface area contributed by atoms with Crippen molar-refractivity contribution in [2.24, 2.45) is 5.92 Å². The molecule has 1 aliphatic rings. The molecule has 1 heterocycles. The lowest BCUT2D eigenvalue weighted by molar-refractivity contribution is 0.374. The van der Waals surface area contributed by atoms with Crippen molar-refractivity contribution in [1.82, 2.24) is 9.97 Å². The molecule has 0 amide bonds. The van der Waals surface area contributed by atoms with E-state index in [1.807, 2.05) is 13.0 Å². The summed E-state index contributed by atoms with van der Waals surface area (Å²) in [4.78, 5) is 8.37. The number of hydrogen-bond acceptors (Lipinski definition) is 5. The molecule has 0 saturated heterocycles. The molecular formula is C17H18FN3O2. The molecule has 1 aromatic heterocycles. The Balaban J connectivity index is 2.09. The third-order valence-corrected chi connectivity index (χ3v) is 4.04. The molecule has 0 bridgehead atoms. The highest BCUT2D eigenvalue weighted by atomic mass is 19.1. The molecule has 3 rings (SSSR count). The fourth-order valence-electron chi connectivity index (χ4n) is 2.63. The number of nitrogens with zero attached hydrogens (tertiary/aromatic N) is 2. The smallest absolute Gasteiger partial charge is 0.162 e. The van der Waals surface area contributed by atoms with Gasteiger partial charge in [-0.15, -0.1) is 0 Å². The highest BCUT2D eigenvalue weighted by molar-refractivity contribution is 5.92. The number of allylic oxidation sites excluding steroid dienone is 4. The minimum Gasteiger partial charge on any atom is -0.504 e. The van der Waals surface area contributed by atoms with Gasteiger partial charge in [0.15, 0.2) is 11.5 Å². The second-order valence-electron chi connectivity index (χ2n) is 5.64. The van der Waals surface area contributed by atoms with E-state index in [0.717, 1.165) is 6.42 Å². The van der Waals surface area contributed by atoms with Gasteiger partial charge in [0.25, 0.3) is 0 Å². The Hall–Kier alpha value is -2.63. The molecule has 0 fully saturated rings. The number of phenols is 1. The third kappa shape index (κ3) is 2.72. The zero-order valence-electron chi connectivity index (χ0n) is 13.2. The second-order valence-corrected chi connectivity index (χ2v) is 5.64. The third-order valence-electron chi connectivity index (χ3n) is 4.04. The Bertz CT molecular complexity index is 830. The zero-order chi connectivity index (χ0) is 16.6. The molecule has 1 unspecified atom stereocenters. The molecule has 1 atom stereocenters. The van der Waals surface area contributed by atoms with Crippen molar-refractivity contribution in [3.8, 4) is 11.5 Å². The summed E-state index contributed by atoms with van der Waals surface area (Å²) in [5.41, 5.74) is 1.72. The molecule has 0 radical (unpaired) electrons. The van der Waals surface area contributed by atoms with Crippen LogP contribution in [-0.4, -0.2) is 22.2 Å². The molecule has 1 aromatic carbocycles. The van der Waals surface area contributed by atoms with Gasteiger partial charge in [-0.25, -0.2) is 14.4 Å². The number of fused-ring (bicyclic) bond motifs is 1. The summed E-state index contributed by atoms with van der Waals surface area (Å²) >= 11 is 0. The van der Waals surface area contributed by atoms with Crippen molar-refractivity contribution < 1.29 is 14.2 Å². The lowest BCUT2D eigenvalue weighted by Crippen LogP contribution is -2.15. The minimum absolute atomic E-state index is 0.0138. The molecule has 6 heteroatoms. The summed E-state index contributed by atoms with van der Waals surface area (Å²) in [5, 5.41) is 13.7. The summed E-state index contributed by atoms with van der Waals surface area (Å²) in [7, 11) is 1.47. The fraction of sp³-hybridized carbons (Fsp3) is 0.294. The van der Waals surface area contributed by atoms with Gasteiger partial charge >= 0.3 is 0 Å². The maximum Gasteiger partial charge on any atom is 0.162 e. The van der Waals surface area contributed by atoms with Gasteiger partial charge in [0, 0.05) is 17.4 Å². The summed E-state index contributed by atoms with van der Waals surface area (Å²) in [6.45, 7) is 3.70. The van der Waals surface area contributed by atoms with Gasteiger partial charge in [0.05, 0.1) is 18.3 Å². The summed E-state index contributed by atoms with van der Waals surface area (Å²) in [6.07, 6.45) is 4.06. The molecule has 2 N–H and O–H groups in total. The van der Waals surface area contributed by atoms with E-state index in [-0.39, 0.29) is 17.5 Å². The lowest BCUT2D eigenvalue weighted by atomic mass is 9.94. The molecule has 1 aliphatic carbocycles. The summed E-state index contributed by atoms with van der Waals surface area (Å²) in [6, 6.07) is 3.14. The van der Waals surface area contributed by atoms with E-state index in [1.165, 1.54) is 19.5 Å². The van der Waals surface area contributed by atoms with E-state index < -0.39 is 0 Å². The van der Waals surface area contributed by atoms with Crippen LogP contribution in [0.5, 0.6) is 11.5 Å². The maximum atomic E-state index is 14.4. The first-order valence-electron chi connectivity index (χ1n) is 7.36. The highest BCUT2D eigenvalue weighted by Crippen LogP contribution is 2.35. The molecule has 2 aromatic rings. The quantitative estimate of drug-likeness (QED) is 0.898. The van der Waals surface area contributed by atoms with Crippen molar-refractivity contribution in [2.45, 2.75) is 20.3 Å². The Morgan fingerprint density at radius 3 is 2.87 bits per heavy atom. The van der Waals surface area contributed by atoms with Crippen molar-refractivity contribution in [3.05, 3.63) is 41.6 Å². The van der Waals surface area contributed by atoms with Crippen molar-refractivity contribution >= 4 is 16.7 Å². The van der Waals surface area contributed by atoms with E-state index >= 15 is 0 Å². The van der Waals surface area contributed by atoms with Crippen molar-refractivity contribution in [3.63, 3.8) is 0 Å². The Kier molecular flexibility index (Phi) is 3.90. The van der Waals surface area contributed by atoms with Crippen LogP contribution in [0.3, 0.4) is 0 Å². The van der Waals surface area contributed by atoms with Gasteiger partial charge in [-0.3, -0.25) is 0 Å². The number of halogens is 1. The zero-order valence-corrected chi connectivity index (χ0v) is 13.2. The largest absolute Gasteiger partial charge is 0.504 e.